The van der Waals surface area contributed by atoms with E-state index in [2.05, 4.69) is 53.2 Å². The standard InChI is InChI=1S/C17H23N3/c1-15-7-10-19-13-17(15)14-20(12-9-18)11-8-16-5-3-2-4-6-16/h2-7,10,13H,8-9,11-12,14,18H2,1H3. The highest BCUT2D eigenvalue weighted by molar-refractivity contribution is 5.21. The molecular weight excluding hydrogens is 246 g/mol. The Morgan fingerprint density at radius 1 is 1.10 bits per heavy atom. The molecule has 106 valence electrons. The van der Waals surface area contributed by atoms with Crippen molar-refractivity contribution in [3.8, 4) is 0 Å². The highest BCUT2D eigenvalue weighted by Crippen LogP contribution is 2.10. The van der Waals surface area contributed by atoms with Crippen LogP contribution in [0.25, 0.3) is 0 Å². The molecule has 0 bridgehead atoms. The number of aromatic nitrogens is 1. The van der Waals surface area contributed by atoms with Crippen molar-refractivity contribution in [1.82, 2.24) is 9.88 Å². The van der Waals surface area contributed by atoms with Gasteiger partial charge in [-0.05, 0) is 36.1 Å². The second kappa shape index (κ2) is 7.78. The van der Waals surface area contributed by atoms with Gasteiger partial charge in [-0.1, -0.05) is 30.3 Å². The summed E-state index contributed by atoms with van der Waals surface area (Å²) < 4.78 is 0. The highest BCUT2D eigenvalue weighted by atomic mass is 15.1. The molecule has 3 nitrogen and oxygen atoms in total. The average molecular weight is 269 g/mol. The van der Waals surface area contributed by atoms with Crippen LogP contribution >= 0.6 is 0 Å². The number of nitrogens with two attached hydrogens (primary N) is 1. The predicted octanol–water partition coefficient (Wildman–Crippen LogP) is 2.39. The smallest absolute Gasteiger partial charge is 0.0315 e. The Hall–Kier alpha value is -1.71. The SMILES string of the molecule is Cc1ccncc1CN(CCN)CCc1ccccc1. The molecule has 0 unspecified atom stereocenters. The quantitative estimate of drug-likeness (QED) is 0.839. The number of rotatable bonds is 7. The van der Waals surface area contributed by atoms with Gasteiger partial charge < -0.3 is 5.73 Å². The first-order valence-electron chi connectivity index (χ1n) is 7.15. The van der Waals surface area contributed by atoms with Crippen LogP contribution in [0.4, 0.5) is 0 Å². The lowest BCUT2D eigenvalue weighted by Crippen LogP contribution is -2.31. The van der Waals surface area contributed by atoms with Crippen molar-refractivity contribution in [2.24, 2.45) is 5.73 Å². The summed E-state index contributed by atoms with van der Waals surface area (Å²) in [6, 6.07) is 12.7. The Balaban J connectivity index is 1.95. The van der Waals surface area contributed by atoms with Crippen molar-refractivity contribution in [2.45, 2.75) is 19.9 Å². The van der Waals surface area contributed by atoms with E-state index in [4.69, 9.17) is 5.73 Å². The van der Waals surface area contributed by atoms with Gasteiger partial charge in [0.15, 0.2) is 0 Å². The van der Waals surface area contributed by atoms with Gasteiger partial charge in [0.05, 0.1) is 0 Å². The lowest BCUT2D eigenvalue weighted by atomic mass is 10.1. The zero-order valence-electron chi connectivity index (χ0n) is 12.1. The predicted molar refractivity (Wildman–Crippen MR) is 83.5 cm³/mol. The number of benzene rings is 1. The van der Waals surface area contributed by atoms with Crippen LogP contribution in [0.2, 0.25) is 0 Å². The van der Waals surface area contributed by atoms with Crippen molar-refractivity contribution < 1.29 is 0 Å². The van der Waals surface area contributed by atoms with Gasteiger partial charge in [-0.25, -0.2) is 0 Å². The molecule has 0 aliphatic rings. The molecule has 1 heterocycles. The highest BCUT2D eigenvalue weighted by Gasteiger charge is 2.07. The molecule has 1 aromatic carbocycles. The van der Waals surface area contributed by atoms with Crippen molar-refractivity contribution in [3.63, 3.8) is 0 Å². The Bertz CT molecular complexity index is 511. The minimum absolute atomic E-state index is 0.689. The van der Waals surface area contributed by atoms with Gasteiger partial charge in [-0.2, -0.15) is 0 Å². The maximum Gasteiger partial charge on any atom is 0.0315 e. The zero-order chi connectivity index (χ0) is 14.2. The van der Waals surface area contributed by atoms with E-state index in [1.54, 1.807) is 0 Å². The summed E-state index contributed by atoms with van der Waals surface area (Å²) in [7, 11) is 0. The second-order valence-corrected chi connectivity index (χ2v) is 5.10. The molecule has 0 fully saturated rings. The van der Waals surface area contributed by atoms with E-state index in [1.807, 2.05) is 12.4 Å². The van der Waals surface area contributed by atoms with E-state index in [0.29, 0.717) is 6.54 Å². The molecule has 0 spiro atoms. The summed E-state index contributed by atoms with van der Waals surface area (Å²) >= 11 is 0. The second-order valence-electron chi connectivity index (χ2n) is 5.10. The van der Waals surface area contributed by atoms with E-state index in [0.717, 1.165) is 26.1 Å². The zero-order valence-corrected chi connectivity index (χ0v) is 12.1. The molecule has 1 aromatic heterocycles. The molecule has 0 amide bonds. The van der Waals surface area contributed by atoms with Crippen LogP contribution in [0, 0.1) is 6.92 Å². The van der Waals surface area contributed by atoms with Crippen LogP contribution in [0.5, 0.6) is 0 Å². The molecule has 2 N–H and O–H groups in total. The van der Waals surface area contributed by atoms with Gasteiger partial charge in [0.2, 0.25) is 0 Å². The first kappa shape index (κ1) is 14.7. The van der Waals surface area contributed by atoms with Gasteiger partial charge in [0.1, 0.15) is 0 Å². The van der Waals surface area contributed by atoms with E-state index in [1.165, 1.54) is 16.7 Å². The van der Waals surface area contributed by atoms with Crippen molar-refractivity contribution in [1.29, 1.82) is 0 Å². The van der Waals surface area contributed by atoms with Crippen molar-refractivity contribution in [3.05, 3.63) is 65.5 Å². The number of nitrogens with zero attached hydrogens (tertiary/aromatic N) is 2. The maximum absolute atomic E-state index is 5.73. The molecule has 20 heavy (non-hydrogen) atoms. The molecule has 2 rings (SSSR count). The summed E-state index contributed by atoms with van der Waals surface area (Å²) in [6.07, 6.45) is 4.86. The van der Waals surface area contributed by atoms with E-state index in [9.17, 15) is 0 Å². The van der Waals surface area contributed by atoms with Crippen LogP contribution in [0.1, 0.15) is 16.7 Å². The minimum atomic E-state index is 0.689. The molecule has 2 aromatic rings. The van der Waals surface area contributed by atoms with Crippen LogP contribution in [-0.4, -0.2) is 29.5 Å². The summed E-state index contributed by atoms with van der Waals surface area (Å²) in [6.45, 7) is 5.68. The lowest BCUT2D eigenvalue weighted by Gasteiger charge is -2.22. The fourth-order valence-corrected chi connectivity index (χ4v) is 2.29. The fourth-order valence-electron chi connectivity index (χ4n) is 2.29. The molecule has 0 atom stereocenters. The Morgan fingerprint density at radius 3 is 2.60 bits per heavy atom. The Kier molecular flexibility index (Phi) is 5.71. The molecule has 0 saturated carbocycles. The van der Waals surface area contributed by atoms with Crippen LogP contribution < -0.4 is 5.73 Å². The lowest BCUT2D eigenvalue weighted by molar-refractivity contribution is 0.275. The summed E-state index contributed by atoms with van der Waals surface area (Å²) in [5.41, 5.74) is 9.68. The van der Waals surface area contributed by atoms with Gasteiger partial charge >= 0.3 is 0 Å². The number of hydrogen-bond acceptors (Lipinski definition) is 3. The number of aryl methyl sites for hydroxylation is 1. The first-order valence-corrected chi connectivity index (χ1v) is 7.15. The van der Waals surface area contributed by atoms with E-state index < -0.39 is 0 Å². The number of hydrogen-bond donors (Lipinski definition) is 1. The minimum Gasteiger partial charge on any atom is -0.329 e. The summed E-state index contributed by atoms with van der Waals surface area (Å²) in [5.74, 6) is 0. The van der Waals surface area contributed by atoms with Crippen LogP contribution in [0.3, 0.4) is 0 Å². The van der Waals surface area contributed by atoms with Crippen LogP contribution in [-0.2, 0) is 13.0 Å². The molecule has 0 aliphatic heterocycles. The fraction of sp³-hybridized carbons (Fsp3) is 0.353. The third-order valence-corrected chi connectivity index (χ3v) is 3.55. The maximum atomic E-state index is 5.73. The van der Waals surface area contributed by atoms with Crippen molar-refractivity contribution in [2.75, 3.05) is 19.6 Å². The monoisotopic (exact) mass is 269 g/mol. The summed E-state index contributed by atoms with van der Waals surface area (Å²) in [4.78, 5) is 6.62. The average Bonchev–Trinajstić information content (AvgIpc) is 2.48. The molecule has 0 aliphatic carbocycles. The molecule has 3 heteroatoms. The van der Waals surface area contributed by atoms with Gasteiger partial charge in [-0.3, -0.25) is 9.88 Å². The van der Waals surface area contributed by atoms with Gasteiger partial charge in [-0.15, -0.1) is 0 Å². The Labute approximate surface area is 121 Å². The third kappa shape index (κ3) is 4.44. The normalized spacial score (nSPS) is 10.9. The van der Waals surface area contributed by atoms with E-state index in [-0.39, 0.29) is 0 Å². The number of pyridine rings is 1. The first-order chi connectivity index (χ1) is 9.79. The topological polar surface area (TPSA) is 42.2 Å². The van der Waals surface area contributed by atoms with Crippen LogP contribution in [0.15, 0.2) is 48.8 Å². The molecule has 0 radical (unpaired) electrons. The Morgan fingerprint density at radius 2 is 1.90 bits per heavy atom. The molecular formula is C17H23N3. The van der Waals surface area contributed by atoms with Gasteiger partial charge in [0, 0.05) is 38.6 Å². The summed E-state index contributed by atoms with van der Waals surface area (Å²) in [5, 5.41) is 0. The third-order valence-electron chi connectivity index (χ3n) is 3.55. The van der Waals surface area contributed by atoms with Gasteiger partial charge in [0.25, 0.3) is 0 Å². The van der Waals surface area contributed by atoms with Crippen molar-refractivity contribution >= 4 is 0 Å². The molecule has 0 saturated heterocycles. The van der Waals surface area contributed by atoms with E-state index >= 15 is 0 Å². The largest absolute Gasteiger partial charge is 0.329 e.